The Morgan fingerprint density at radius 1 is 0.781 bits per heavy atom. The summed E-state index contributed by atoms with van der Waals surface area (Å²) in [5, 5.41) is 8.37. The second-order valence-electron chi connectivity index (χ2n) is 8.25. The molecule has 0 N–H and O–H groups in total. The summed E-state index contributed by atoms with van der Waals surface area (Å²) < 4.78 is 4.29. The number of hydrogen-bond acceptors (Lipinski definition) is 3. The average molecular weight is 420 g/mol. The van der Waals surface area contributed by atoms with E-state index in [2.05, 4.69) is 111 Å². The van der Waals surface area contributed by atoms with Crippen molar-refractivity contribution in [3.05, 3.63) is 103 Å². The Morgan fingerprint density at radius 3 is 2.25 bits per heavy atom. The minimum Gasteiger partial charge on any atom is -0.349 e. The van der Waals surface area contributed by atoms with Crippen LogP contribution in [0.2, 0.25) is 0 Å². The van der Waals surface area contributed by atoms with E-state index in [9.17, 15) is 0 Å². The van der Waals surface area contributed by atoms with E-state index in [4.69, 9.17) is 0 Å². The van der Waals surface area contributed by atoms with Crippen molar-refractivity contribution in [3.8, 4) is 33.6 Å². The third-order valence-corrected chi connectivity index (χ3v) is 5.64. The fraction of sp³-hybridized carbons (Fsp3) is 0.148. The Kier molecular flexibility index (Phi) is 5.38. The van der Waals surface area contributed by atoms with Gasteiger partial charge >= 0.3 is 0 Å². The van der Waals surface area contributed by atoms with Crippen LogP contribution >= 0.6 is 0 Å². The van der Waals surface area contributed by atoms with Crippen LogP contribution in [0.4, 0.5) is 0 Å². The van der Waals surface area contributed by atoms with Crippen LogP contribution in [0.15, 0.2) is 97.8 Å². The first-order chi connectivity index (χ1) is 15.7. The van der Waals surface area contributed by atoms with Crippen LogP contribution in [0.1, 0.15) is 25.5 Å². The molecule has 0 bridgehead atoms. The smallest absolute Gasteiger partial charge is 0.163 e. The maximum atomic E-state index is 4.50. The van der Waals surface area contributed by atoms with Gasteiger partial charge in [-0.2, -0.15) is 0 Å². The number of nitrogens with zero attached hydrogens (tertiary/aromatic N) is 5. The van der Waals surface area contributed by atoms with Gasteiger partial charge in [0.2, 0.25) is 0 Å². The van der Waals surface area contributed by atoms with Crippen molar-refractivity contribution in [2.45, 2.75) is 26.4 Å². The van der Waals surface area contributed by atoms with E-state index in [1.54, 1.807) is 6.33 Å². The highest BCUT2D eigenvalue weighted by Crippen LogP contribution is 2.28. The molecule has 5 nitrogen and oxygen atoms in total. The van der Waals surface area contributed by atoms with E-state index >= 15 is 0 Å². The SMILES string of the molecule is CC(C)n1cnnc1-c1ccc(-c2cncc(-c3ccn(Cc4ccccc4)c3)c2)cc1. The monoisotopic (exact) mass is 419 g/mol. The van der Waals surface area contributed by atoms with Gasteiger partial charge in [0.1, 0.15) is 6.33 Å². The van der Waals surface area contributed by atoms with Crippen LogP contribution in [0, 0.1) is 0 Å². The molecule has 3 heterocycles. The third-order valence-electron chi connectivity index (χ3n) is 5.64. The standard InChI is InChI=1S/C27H25N5/c1-20(2)32-19-29-30-27(32)23-10-8-22(9-11-23)25-14-26(16-28-15-25)24-12-13-31(18-24)17-21-6-4-3-5-7-21/h3-16,18-20H,17H2,1-2H3. The molecule has 0 radical (unpaired) electrons. The van der Waals surface area contributed by atoms with E-state index in [1.165, 1.54) is 5.56 Å². The molecule has 0 unspecified atom stereocenters. The van der Waals surface area contributed by atoms with Crippen molar-refractivity contribution in [1.82, 2.24) is 24.3 Å². The van der Waals surface area contributed by atoms with Crippen LogP contribution in [0.5, 0.6) is 0 Å². The lowest BCUT2D eigenvalue weighted by Gasteiger charge is -2.10. The van der Waals surface area contributed by atoms with Crippen molar-refractivity contribution >= 4 is 0 Å². The van der Waals surface area contributed by atoms with Gasteiger partial charge in [0, 0.05) is 59.6 Å². The van der Waals surface area contributed by atoms with E-state index in [0.717, 1.165) is 40.2 Å². The molecule has 2 aromatic carbocycles. The van der Waals surface area contributed by atoms with E-state index in [1.807, 2.05) is 18.5 Å². The zero-order valence-electron chi connectivity index (χ0n) is 18.3. The molecule has 0 fully saturated rings. The molecule has 5 aromatic rings. The van der Waals surface area contributed by atoms with Gasteiger partial charge in [0.05, 0.1) is 0 Å². The van der Waals surface area contributed by atoms with Gasteiger partial charge in [0.25, 0.3) is 0 Å². The number of benzene rings is 2. The zero-order valence-corrected chi connectivity index (χ0v) is 18.3. The van der Waals surface area contributed by atoms with Crippen molar-refractivity contribution in [1.29, 1.82) is 0 Å². The number of rotatable bonds is 6. The Morgan fingerprint density at radius 2 is 1.50 bits per heavy atom. The van der Waals surface area contributed by atoms with Crippen molar-refractivity contribution in [2.24, 2.45) is 0 Å². The largest absolute Gasteiger partial charge is 0.349 e. The van der Waals surface area contributed by atoms with Gasteiger partial charge in [-0.3, -0.25) is 4.98 Å². The second-order valence-corrected chi connectivity index (χ2v) is 8.25. The van der Waals surface area contributed by atoms with Gasteiger partial charge in [-0.1, -0.05) is 54.6 Å². The van der Waals surface area contributed by atoms with Crippen LogP contribution in [-0.2, 0) is 6.54 Å². The van der Waals surface area contributed by atoms with E-state index < -0.39 is 0 Å². The molecule has 32 heavy (non-hydrogen) atoms. The molecule has 5 rings (SSSR count). The lowest BCUT2D eigenvalue weighted by atomic mass is 10.0. The summed E-state index contributed by atoms with van der Waals surface area (Å²) in [4.78, 5) is 4.50. The minimum atomic E-state index is 0.315. The van der Waals surface area contributed by atoms with Gasteiger partial charge in [-0.15, -0.1) is 10.2 Å². The molecule has 0 amide bonds. The highest BCUT2D eigenvalue weighted by molar-refractivity contribution is 5.73. The second kappa shape index (κ2) is 8.63. The molecule has 3 aromatic heterocycles. The van der Waals surface area contributed by atoms with Crippen LogP contribution in [0.3, 0.4) is 0 Å². The molecule has 0 atom stereocenters. The Hall–Kier alpha value is -3.99. The van der Waals surface area contributed by atoms with Gasteiger partial charge in [-0.25, -0.2) is 0 Å². The summed E-state index contributed by atoms with van der Waals surface area (Å²) >= 11 is 0. The molecule has 5 heteroatoms. The number of aromatic nitrogens is 5. The van der Waals surface area contributed by atoms with Gasteiger partial charge in [0.15, 0.2) is 5.82 Å². The fourth-order valence-corrected chi connectivity index (χ4v) is 3.90. The third kappa shape index (κ3) is 4.10. The maximum absolute atomic E-state index is 4.50. The van der Waals surface area contributed by atoms with E-state index in [0.29, 0.717) is 6.04 Å². The summed E-state index contributed by atoms with van der Waals surface area (Å²) in [6.07, 6.45) is 9.91. The molecule has 0 saturated heterocycles. The number of hydrogen-bond donors (Lipinski definition) is 0. The molecule has 0 spiro atoms. The summed E-state index contributed by atoms with van der Waals surface area (Å²) in [5.74, 6) is 0.887. The van der Waals surface area contributed by atoms with Crippen LogP contribution < -0.4 is 0 Å². The Balaban J connectivity index is 1.38. The van der Waals surface area contributed by atoms with Crippen molar-refractivity contribution in [2.75, 3.05) is 0 Å². The van der Waals surface area contributed by atoms with Crippen molar-refractivity contribution in [3.63, 3.8) is 0 Å². The van der Waals surface area contributed by atoms with E-state index in [-0.39, 0.29) is 0 Å². The molecule has 0 aliphatic carbocycles. The lowest BCUT2D eigenvalue weighted by molar-refractivity contribution is 0.604. The van der Waals surface area contributed by atoms with Gasteiger partial charge < -0.3 is 9.13 Å². The first-order valence-electron chi connectivity index (χ1n) is 10.8. The quantitative estimate of drug-likeness (QED) is 0.334. The molecule has 0 aliphatic heterocycles. The Bertz CT molecular complexity index is 1310. The molecular weight excluding hydrogens is 394 g/mol. The minimum absolute atomic E-state index is 0.315. The molecule has 0 aliphatic rings. The van der Waals surface area contributed by atoms with Crippen LogP contribution in [0.25, 0.3) is 33.6 Å². The summed E-state index contributed by atoms with van der Waals surface area (Å²) in [6.45, 7) is 5.12. The average Bonchev–Trinajstić information content (AvgIpc) is 3.50. The summed E-state index contributed by atoms with van der Waals surface area (Å²) in [6, 6.07) is 23.6. The normalized spacial score (nSPS) is 11.2. The zero-order chi connectivity index (χ0) is 21.9. The van der Waals surface area contributed by atoms with Crippen LogP contribution in [-0.4, -0.2) is 24.3 Å². The summed E-state index contributed by atoms with van der Waals surface area (Å²) in [7, 11) is 0. The highest BCUT2D eigenvalue weighted by atomic mass is 15.3. The topological polar surface area (TPSA) is 48.5 Å². The number of pyridine rings is 1. The molecule has 0 saturated carbocycles. The summed E-state index contributed by atoms with van der Waals surface area (Å²) in [5.41, 5.74) is 6.84. The first-order valence-corrected chi connectivity index (χ1v) is 10.8. The lowest BCUT2D eigenvalue weighted by Crippen LogP contribution is -2.01. The van der Waals surface area contributed by atoms with Crippen molar-refractivity contribution < 1.29 is 0 Å². The van der Waals surface area contributed by atoms with Gasteiger partial charge in [-0.05, 0) is 37.1 Å². The highest BCUT2D eigenvalue weighted by Gasteiger charge is 2.10. The predicted molar refractivity (Wildman–Crippen MR) is 128 cm³/mol. The maximum Gasteiger partial charge on any atom is 0.163 e. The first kappa shape index (κ1) is 19.9. The molecular formula is C27H25N5. The molecule has 158 valence electrons. The predicted octanol–water partition coefficient (Wildman–Crippen LogP) is 6.10. The fourth-order valence-electron chi connectivity index (χ4n) is 3.90. The Labute approximate surface area is 188 Å².